The third kappa shape index (κ3) is 3.82. The van der Waals surface area contributed by atoms with Crippen LogP contribution >= 0.6 is 11.3 Å². The highest BCUT2D eigenvalue weighted by molar-refractivity contribution is 7.08. The first-order valence-electron chi connectivity index (χ1n) is 9.09. The van der Waals surface area contributed by atoms with Crippen LogP contribution in [0.5, 0.6) is 0 Å². The Kier molecular flexibility index (Phi) is 5.28. The number of nitrogens with one attached hydrogen (secondary N) is 1. The molecule has 2 amide bonds. The van der Waals surface area contributed by atoms with Gasteiger partial charge in [0.05, 0.1) is 6.42 Å². The zero-order valence-electron chi connectivity index (χ0n) is 14.7. The molecular weight excluding hydrogens is 320 g/mol. The van der Waals surface area contributed by atoms with Gasteiger partial charge < -0.3 is 10.2 Å². The van der Waals surface area contributed by atoms with E-state index in [2.05, 4.69) is 24.1 Å². The van der Waals surface area contributed by atoms with Crippen LogP contribution in [0.25, 0.3) is 0 Å². The van der Waals surface area contributed by atoms with E-state index >= 15 is 0 Å². The summed E-state index contributed by atoms with van der Waals surface area (Å²) in [5.74, 6) is 0.950. The molecule has 1 aromatic rings. The number of hydrogen-bond acceptors (Lipinski definition) is 3. The third-order valence-corrected chi connectivity index (χ3v) is 6.18. The number of carbonyl (C=O) groups excluding carboxylic acids is 2. The van der Waals surface area contributed by atoms with Crippen LogP contribution in [0.2, 0.25) is 0 Å². The van der Waals surface area contributed by atoms with E-state index < -0.39 is 0 Å². The molecule has 1 aliphatic carbocycles. The van der Waals surface area contributed by atoms with Gasteiger partial charge in [0.1, 0.15) is 0 Å². The van der Waals surface area contributed by atoms with Crippen LogP contribution in [0.4, 0.5) is 0 Å². The van der Waals surface area contributed by atoms with E-state index in [1.165, 1.54) is 0 Å². The molecule has 1 saturated carbocycles. The Labute approximate surface area is 148 Å². The topological polar surface area (TPSA) is 49.4 Å². The van der Waals surface area contributed by atoms with E-state index in [1.54, 1.807) is 11.3 Å². The molecule has 0 unspecified atom stereocenters. The molecule has 1 aliphatic heterocycles. The molecular formula is C19H28N2O2S. The zero-order chi connectivity index (χ0) is 17.2. The smallest absolute Gasteiger partial charge is 0.224 e. The number of hydrogen-bond donors (Lipinski definition) is 1. The normalized spacial score (nSPS) is 27.2. The summed E-state index contributed by atoms with van der Waals surface area (Å²) in [6.45, 7) is 5.22. The Balaban J connectivity index is 1.53. The average Bonchev–Trinajstić information content (AvgIpc) is 3.13. The van der Waals surface area contributed by atoms with Crippen molar-refractivity contribution in [3.63, 3.8) is 0 Å². The molecule has 2 fully saturated rings. The molecule has 1 N–H and O–H groups in total. The second kappa shape index (κ2) is 7.26. The Morgan fingerprint density at radius 2 is 2.12 bits per heavy atom. The number of thiophene rings is 1. The van der Waals surface area contributed by atoms with Crippen molar-refractivity contribution < 1.29 is 9.59 Å². The molecule has 24 heavy (non-hydrogen) atoms. The molecule has 0 atom stereocenters. The Hall–Kier alpha value is -1.36. The van der Waals surface area contributed by atoms with Crippen molar-refractivity contribution in [1.29, 1.82) is 0 Å². The minimum atomic E-state index is 0.0654. The first kappa shape index (κ1) is 17.5. The van der Waals surface area contributed by atoms with Gasteiger partial charge in [-0.1, -0.05) is 13.8 Å². The van der Waals surface area contributed by atoms with Crippen LogP contribution < -0.4 is 5.32 Å². The second-order valence-electron chi connectivity index (χ2n) is 7.77. The van der Waals surface area contributed by atoms with E-state index in [1.807, 2.05) is 16.8 Å². The van der Waals surface area contributed by atoms with Crippen LogP contribution in [0.3, 0.4) is 0 Å². The van der Waals surface area contributed by atoms with Gasteiger partial charge in [0.15, 0.2) is 0 Å². The summed E-state index contributed by atoms with van der Waals surface area (Å²) in [6, 6.07) is 2.27. The van der Waals surface area contributed by atoms with E-state index in [4.69, 9.17) is 0 Å². The summed E-state index contributed by atoms with van der Waals surface area (Å²) in [6.07, 6.45) is 6.18. The van der Waals surface area contributed by atoms with Crippen molar-refractivity contribution in [2.75, 3.05) is 6.54 Å². The lowest BCUT2D eigenvalue weighted by Gasteiger charge is -2.44. The van der Waals surface area contributed by atoms with E-state index in [0.717, 1.165) is 44.2 Å². The Bertz CT molecular complexity index is 574. The van der Waals surface area contributed by atoms with Gasteiger partial charge in [-0.2, -0.15) is 11.3 Å². The van der Waals surface area contributed by atoms with Gasteiger partial charge in [-0.15, -0.1) is 0 Å². The van der Waals surface area contributed by atoms with Gasteiger partial charge in [0.2, 0.25) is 11.8 Å². The fourth-order valence-corrected chi connectivity index (χ4v) is 4.88. The molecule has 4 nitrogen and oxygen atoms in total. The van der Waals surface area contributed by atoms with Crippen LogP contribution in [0.1, 0.15) is 57.9 Å². The van der Waals surface area contributed by atoms with Crippen LogP contribution in [0.15, 0.2) is 16.8 Å². The summed E-state index contributed by atoms with van der Waals surface area (Å²) in [7, 11) is 0. The number of amides is 2. The highest BCUT2D eigenvalue weighted by Gasteiger charge is 2.47. The molecule has 1 saturated heterocycles. The maximum absolute atomic E-state index is 12.3. The van der Waals surface area contributed by atoms with Crippen molar-refractivity contribution in [2.45, 2.75) is 70.4 Å². The van der Waals surface area contributed by atoms with Crippen LogP contribution in [-0.4, -0.2) is 34.8 Å². The highest BCUT2D eigenvalue weighted by atomic mass is 32.1. The zero-order valence-corrected chi connectivity index (χ0v) is 15.5. The molecule has 132 valence electrons. The van der Waals surface area contributed by atoms with Crippen LogP contribution in [0, 0.1) is 5.92 Å². The number of rotatable bonds is 5. The fraction of sp³-hybridized carbons (Fsp3) is 0.684. The number of nitrogens with zero attached hydrogens (tertiary/aromatic N) is 1. The quantitative estimate of drug-likeness (QED) is 0.887. The van der Waals surface area contributed by atoms with Gasteiger partial charge in [-0.05, 0) is 60.4 Å². The monoisotopic (exact) mass is 348 g/mol. The summed E-state index contributed by atoms with van der Waals surface area (Å²) < 4.78 is 0. The molecule has 3 rings (SSSR count). The molecule has 2 heterocycles. The minimum Gasteiger partial charge on any atom is -0.353 e. The number of carbonyl (C=O) groups is 2. The van der Waals surface area contributed by atoms with Gasteiger partial charge in [0.25, 0.3) is 0 Å². The lowest BCUT2D eigenvalue weighted by atomic mass is 9.77. The predicted molar refractivity (Wildman–Crippen MR) is 96.9 cm³/mol. The van der Waals surface area contributed by atoms with Crippen molar-refractivity contribution in [1.82, 2.24) is 10.2 Å². The summed E-state index contributed by atoms with van der Waals surface area (Å²) >= 11 is 1.63. The van der Waals surface area contributed by atoms with Crippen LogP contribution in [-0.2, 0) is 16.0 Å². The summed E-state index contributed by atoms with van der Waals surface area (Å²) in [5, 5.41) is 7.23. The lowest BCUT2D eigenvalue weighted by molar-refractivity contribution is -0.133. The SMILES string of the molecule is CC(C)CN1C(=O)CCC12CCC(NC(=O)Cc1ccsc1)CC2. The van der Waals surface area contributed by atoms with Crippen molar-refractivity contribution >= 4 is 23.2 Å². The third-order valence-electron chi connectivity index (χ3n) is 5.45. The van der Waals surface area contributed by atoms with Gasteiger partial charge in [0, 0.05) is 24.5 Å². The first-order valence-corrected chi connectivity index (χ1v) is 10.0. The average molecular weight is 349 g/mol. The van der Waals surface area contributed by atoms with Gasteiger partial charge in [-0.25, -0.2) is 0 Å². The maximum Gasteiger partial charge on any atom is 0.224 e. The van der Waals surface area contributed by atoms with E-state index in [9.17, 15) is 9.59 Å². The first-order chi connectivity index (χ1) is 11.5. The Morgan fingerprint density at radius 1 is 1.38 bits per heavy atom. The maximum atomic E-state index is 12.3. The van der Waals surface area contributed by atoms with Crippen molar-refractivity contribution in [3.8, 4) is 0 Å². The Morgan fingerprint density at radius 3 is 2.75 bits per heavy atom. The van der Waals surface area contributed by atoms with Gasteiger partial charge >= 0.3 is 0 Å². The molecule has 2 aliphatic rings. The molecule has 5 heteroatoms. The van der Waals surface area contributed by atoms with Crippen molar-refractivity contribution in [3.05, 3.63) is 22.4 Å². The molecule has 1 spiro atoms. The van der Waals surface area contributed by atoms with E-state index in [0.29, 0.717) is 24.7 Å². The second-order valence-corrected chi connectivity index (χ2v) is 8.55. The molecule has 0 aromatic carbocycles. The standard InChI is InChI=1S/C19H28N2O2S/c1-14(2)12-21-18(23)5-9-19(21)7-3-16(4-8-19)20-17(22)11-15-6-10-24-13-15/h6,10,13-14,16H,3-5,7-9,11-12H2,1-2H3,(H,20,22). The minimum absolute atomic E-state index is 0.0654. The number of likely N-dealkylation sites (tertiary alicyclic amines) is 1. The fourth-order valence-electron chi connectivity index (χ4n) is 4.21. The van der Waals surface area contributed by atoms with E-state index in [-0.39, 0.29) is 17.5 Å². The predicted octanol–water partition coefficient (Wildman–Crippen LogP) is 3.37. The largest absolute Gasteiger partial charge is 0.353 e. The van der Waals surface area contributed by atoms with Crippen molar-refractivity contribution in [2.24, 2.45) is 5.92 Å². The summed E-state index contributed by atoms with van der Waals surface area (Å²) in [5.41, 5.74) is 1.16. The summed E-state index contributed by atoms with van der Waals surface area (Å²) in [4.78, 5) is 26.6. The van der Waals surface area contributed by atoms with Gasteiger partial charge in [-0.3, -0.25) is 9.59 Å². The highest BCUT2D eigenvalue weighted by Crippen LogP contribution is 2.42. The molecule has 1 aromatic heterocycles. The molecule has 0 bridgehead atoms. The molecule has 0 radical (unpaired) electrons. The lowest BCUT2D eigenvalue weighted by Crippen LogP contribution is -2.52.